The minimum Gasteiger partial charge on any atom is -0.312 e. The second-order valence-corrected chi connectivity index (χ2v) is 11.9. The van der Waals surface area contributed by atoms with E-state index in [1.807, 2.05) is 78.7 Å². The highest BCUT2D eigenvalue weighted by molar-refractivity contribution is 6.12. The molecule has 1 aliphatic carbocycles. The Morgan fingerprint density at radius 1 is 0.638 bits per heavy atom. The molecule has 0 atom stereocenters. The van der Waals surface area contributed by atoms with Crippen molar-refractivity contribution in [3.8, 4) is 24.3 Å². The maximum Gasteiger partial charge on any atom is 0.183 e. The second kappa shape index (κ2) is 12.1. The Kier molecular flexibility index (Phi) is 7.88. The lowest BCUT2D eigenvalue weighted by atomic mass is 9.92. The van der Waals surface area contributed by atoms with Crippen LogP contribution in [0.1, 0.15) is 61.8 Å². The van der Waals surface area contributed by atoms with Crippen LogP contribution in [-0.2, 0) is 0 Å². The van der Waals surface area contributed by atoms with Gasteiger partial charge in [0, 0.05) is 18.2 Å². The topological polar surface area (TPSA) is 127 Å². The highest BCUT2D eigenvalue weighted by atomic mass is 15.4. The van der Waals surface area contributed by atoms with Gasteiger partial charge in [0.1, 0.15) is 41.2 Å². The van der Waals surface area contributed by atoms with Gasteiger partial charge in [-0.25, -0.2) is 9.97 Å². The van der Waals surface area contributed by atoms with E-state index >= 15 is 0 Å². The summed E-state index contributed by atoms with van der Waals surface area (Å²) in [6.45, 7) is 8.67. The molecule has 2 heterocycles. The van der Waals surface area contributed by atoms with Crippen molar-refractivity contribution in [2.45, 2.75) is 39.5 Å². The first-order valence-corrected chi connectivity index (χ1v) is 15.3. The number of para-hydroxylation sites is 3. The van der Waals surface area contributed by atoms with Gasteiger partial charge in [-0.2, -0.15) is 21.0 Å². The predicted molar refractivity (Wildman–Crippen MR) is 184 cm³/mol. The molecule has 6 rings (SSSR count). The lowest BCUT2D eigenvalue weighted by molar-refractivity contribution is 0.826. The fraction of sp³-hybridized carbons (Fsp3) is 0.179. The molecule has 0 saturated carbocycles. The predicted octanol–water partition coefficient (Wildman–Crippen LogP) is 8.55. The van der Waals surface area contributed by atoms with E-state index in [9.17, 15) is 21.0 Å². The van der Waals surface area contributed by atoms with Crippen LogP contribution in [0.3, 0.4) is 0 Å². The van der Waals surface area contributed by atoms with Crippen molar-refractivity contribution >= 4 is 39.5 Å². The van der Waals surface area contributed by atoms with E-state index in [-0.39, 0.29) is 23.0 Å². The zero-order chi connectivity index (χ0) is 33.4. The fourth-order valence-corrected chi connectivity index (χ4v) is 6.37. The van der Waals surface area contributed by atoms with Gasteiger partial charge in [-0.15, -0.1) is 0 Å². The van der Waals surface area contributed by atoms with Gasteiger partial charge in [0.2, 0.25) is 0 Å². The first-order chi connectivity index (χ1) is 22.7. The van der Waals surface area contributed by atoms with Crippen LogP contribution < -0.4 is 9.80 Å². The van der Waals surface area contributed by atoms with Crippen LogP contribution in [0.4, 0.5) is 17.3 Å². The number of anilines is 3. The van der Waals surface area contributed by atoms with Crippen LogP contribution >= 0.6 is 0 Å². The number of nitriles is 4. The molecular formula is C39H30N8. The van der Waals surface area contributed by atoms with E-state index in [4.69, 9.17) is 9.97 Å². The molecule has 1 aliphatic heterocycles. The molecule has 1 aromatic heterocycles. The summed E-state index contributed by atoms with van der Waals surface area (Å²) in [4.78, 5) is 14.3. The molecule has 226 valence electrons. The van der Waals surface area contributed by atoms with Crippen LogP contribution in [0.2, 0.25) is 0 Å². The fourth-order valence-electron chi connectivity index (χ4n) is 6.37. The molecule has 0 saturated heterocycles. The van der Waals surface area contributed by atoms with E-state index in [0.717, 1.165) is 33.7 Å². The Bertz CT molecular complexity index is 2140. The smallest absolute Gasteiger partial charge is 0.183 e. The summed E-state index contributed by atoms with van der Waals surface area (Å²) in [6.07, 6.45) is 3.70. The van der Waals surface area contributed by atoms with Gasteiger partial charge < -0.3 is 4.90 Å². The Labute approximate surface area is 274 Å². The van der Waals surface area contributed by atoms with Gasteiger partial charge in [-0.05, 0) is 63.9 Å². The molecule has 2 aliphatic rings. The summed E-state index contributed by atoms with van der Waals surface area (Å²) in [7, 11) is 1.93. The van der Waals surface area contributed by atoms with Crippen LogP contribution in [-0.4, -0.2) is 17.0 Å². The minimum absolute atomic E-state index is 0.103. The van der Waals surface area contributed by atoms with Crippen molar-refractivity contribution in [1.82, 2.24) is 9.97 Å². The summed E-state index contributed by atoms with van der Waals surface area (Å²) in [5, 5.41) is 40.0. The van der Waals surface area contributed by atoms with E-state index in [1.165, 1.54) is 0 Å². The summed E-state index contributed by atoms with van der Waals surface area (Å²) >= 11 is 0. The van der Waals surface area contributed by atoms with Crippen molar-refractivity contribution < 1.29 is 0 Å². The van der Waals surface area contributed by atoms with Gasteiger partial charge in [0.05, 0.1) is 16.7 Å². The summed E-state index contributed by atoms with van der Waals surface area (Å²) < 4.78 is 0. The lowest BCUT2D eigenvalue weighted by Crippen LogP contribution is -2.24. The summed E-state index contributed by atoms with van der Waals surface area (Å²) in [5.41, 5.74) is 7.10. The van der Waals surface area contributed by atoms with Crippen LogP contribution in [0, 0.1) is 45.3 Å². The number of aromatic nitrogens is 2. The molecule has 0 bridgehead atoms. The van der Waals surface area contributed by atoms with E-state index in [1.54, 1.807) is 18.2 Å². The molecule has 0 amide bonds. The molecule has 3 aromatic carbocycles. The van der Waals surface area contributed by atoms with Gasteiger partial charge in [-0.1, -0.05) is 82.3 Å². The first-order valence-electron chi connectivity index (χ1n) is 15.3. The molecule has 0 spiro atoms. The third-order valence-electron chi connectivity index (χ3n) is 8.55. The summed E-state index contributed by atoms with van der Waals surface area (Å²) in [5.74, 6) is 2.48. The molecular weight excluding hydrogens is 580 g/mol. The number of hydrogen-bond donors (Lipinski definition) is 0. The first kappa shape index (κ1) is 30.5. The van der Waals surface area contributed by atoms with Crippen molar-refractivity contribution in [1.29, 1.82) is 21.0 Å². The average Bonchev–Trinajstić information content (AvgIpc) is 3.54. The number of nitrogens with zero attached hydrogens (tertiary/aromatic N) is 8. The van der Waals surface area contributed by atoms with Crippen LogP contribution in [0.5, 0.6) is 0 Å². The number of fused-ring (bicyclic) bond motifs is 3. The molecule has 8 nitrogen and oxygen atoms in total. The highest BCUT2D eigenvalue weighted by Gasteiger charge is 2.37. The number of allylic oxidation sites excluding steroid dienone is 7. The second-order valence-electron chi connectivity index (χ2n) is 11.9. The molecule has 0 N–H and O–H groups in total. The van der Waals surface area contributed by atoms with E-state index in [0.29, 0.717) is 39.5 Å². The third-order valence-corrected chi connectivity index (χ3v) is 8.55. The average molecular weight is 611 g/mol. The van der Waals surface area contributed by atoms with Crippen molar-refractivity contribution in [3.05, 3.63) is 124 Å². The molecule has 8 heteroatoms. The quantitative estimate of drug-likeness (QED) is 0.210. The Morgan fingerprint density at radius 3 is 1.57 bits per heavy atom. The zero-order valence-corrected chi connectivity index (χ0v) is 26.7. The Morgan fingerprint density at radius 2 is 1.11 bits per heavy atom. The number of rotatable bonds is 4. The van der Waals surface area contributed by atoms with Gasteiger partial charge in [0.25, 0.3) is 0 Å². The van der Waals surface area contributed by atoms with Gasteiger partial charge in [-0.3, -0.25) is 4.90 Å². The minimum atomic E-state index is -0.103. The third kappa shape index (κ3) is 4.90. The Balaban J connectivity index is 1.71. The van der Waals surface area contributed by atoms with Crippen LogP contribution in [0.25, 0.3) is 22.2 Å². The largest absolute Gasteiger partial charge is 0.312 e. The number of hydrogen-bond acceptors (Lipinski definition) is 8. The van der Waals surface area contributed by atoms with Crippen molar-refractivity contribution in [2.24, 2.45) is 0 Å². The Hall–Kier alpha value is -6.48. The monoisotopic (exact) mass is 610 g/mol. The lowest BCUT2D eigenvalue weighted by Gasteiger charge is -2.29. The molecule has 47 heavy (non-hydrogen) atoms. The SMILES string of the molecule is CC(C)c1cccc(C(C)C)c1N1/C(=C/C=C2C(=C(C#N)C#N)c3ccccc3C2=C(C#N)C#N)N(C)c2nc3ccccc3nc21. The maximum atomic E-state index is 10.0. The molecule has 0 fully saturated rings. The maximum absolute atomic E-state index is 10.0. The van der Waals surface area contributed by atoms with Crippen molar-refractivity contribution in [3.63, 3.8) is 0 Å². The highest BCUT2D eigenvalue weighted by Crippen LogP contribution is 2.50. The number of benzene rings is 3. The molecule has 0 unspecified atom stereocenters. The van der Waals surface area contributed by atoms with E-state index < -0.39 is 0 Å². The van der Waals surface area contributed by atoms with E-state index in [2.05, 4.69) is 50.8 Å². The van der Waals surface area contributed by atoms with Crippen LogP contribution in [0.15, 0.2) is 101 Å². The van der Waals surface area contributed by atoms with Gasteiger partial charge >= 0.3 is 0 Å². The van der Waals surface area contributed by atoms with Crippen molar-refractivity contribution in [2.75, 3.05) is 16.8 Å². The summed E-state index contributed by atoms with van der Waals surface area (Å²) in [6, 6.07) is 29.5. The van der Waals surface area contributed by atoms with Gasteiger partial charge in [0.15, 0.2) is 11.6 Å². The molecule has 0 radical (unpaired) electrons. The normalized spacial score (nSPS) is 14.2. The molecule has 4 aromatic rings. The zero-order valence-electron chi connectivity index (χ0n) is 26.7. The standard InChI is InChI=1S/C39H30N8/c1-23(2)27-13-10-14-28(24(3)4)37(27)47-34(46(5)38-39(47)45-33-16-9-8-15-32(33)44-38)18-17-31-35(25(19-40)20-41)29-11-6-7-12-30(29)36(31)26(21-42)22-43/h6-18,23-24H,1-5H3/b34-18+.